The molecule has 0 saturated heterocycles. The van der Waals surface area contributed by atoms with Gasteiger partial charge in [0.2, 0.25) is 5.91 Å². The van der Waals surface area contributed by atoms with E-state index >= 15 is 0 Å². The van der Waals surface area contributed by atoms with Crippen molar-refractivity contribution in [1.82, 2.24) is 10.2 Å². The van der Waals surface area contributed by atoms with Crippen LogP contribution in [-0.4, -0.2) is 50.2 Å². The highest BCUT2D eigenvalue weighted by atomic mass is 19.1. The minimum atomic E-state index is -0.424. The smallest absolute Gasteiger partial charge is 0.322 e. The Morgan fingerprint density at radius 3 is 2.50 bits per heavy atom. The molecule has 2 aromatic carbocycles. The number of methoxy groups -OCH3 is 2. The molecule has 0 heterocycles. The van der Waals surface area contributed by atoms with Gasteiger partial charge in [-0.3, -0.25) is 4.79 Å². The van der Waals surface area contributed by atoms with Gasteiger partial charge < -0.3 is 25.0 Å². The van der Waals surface area contributed by atoms with Crippen LogP contribution in [0.4, 0.5) is 14.9 Å². The number of hydrogen-bond donors (Lipinski definition) is 2. The molecule has 0 saturated carbocycles. The topological polar surface area (TPSA) is 79.9 Å². The number of carbonyl (C=O) groups excluding carboxylic acids is 2. The van der Waals surface area contributed by atoms with Gasteiger partial charge in [-0.25, -0.2) is 9.18 Å². The number of amides is 3. The molecule has 0 aliphatic heterocycles. The summed E-state index contributed by atoms with van der Waals surface area (Å²) in [6.45, 7) is 4.61. The summed E-state index contributed by atoms with van der Waals surface area (Å²) in [4.78, 5) is 26.6. The highest BCUT2D eigenvalue weighted by Gasteiger charge is 2.20. The summed E-state index contributed by atoms with van der Waals surface area (Å²) >= 11 is 0. The zero-order valence-corrected chi connectivity index (χ0v) is 19.1. The predicted molar refractivity (Wildman–Crippen MR) is 123 cm³/mol. The van der Waals surface area contributed by atoms with Gasteiger partial charge in [-0.15, -0.1) is 0 Å². The van der Waals surface area contributed by atoms with Gasteiger partial charge >= 0.3 is 6.03 Å². The summed E-state index contributed by atoms with van der Waals surface area (Å²) in [5, 5.41) is 5.59. The van der Waals surface area contributed by atoms with E-state index < -0.39 is 5.82 Å². The van der Waals surface area contributed by atoms with Gasteiger partial charge in [-0.05, 0) is 55.7 Å². The zero-order valence-electron chi connectivity index (χ0n) is 19.1. The van der Waals surface area contributed by atoms with E-state index in [0.717, 1.165) is 12.0 Å². The molecule has 1 atom stereocenters. The van der Waals surface area contributed by atoms with Crippen LogP contribution < -0.4 is 20.1 Å². The lowest BCUT2D eigenvalue weighted by molar-refractivity contribution is -0.121. The second kappa shape index (κ2) is 12.5. The van der Waals surface area contributed by atoms with E-state index in [0.29, 0.717) is 30.2 Å². The predicted octanol–water partition coefficient (Wildman–Crippen LogP) is 4.22. The third kappa shape index (κ3) is 7.44. The van der Waals surface area contributed by atoms with E-state index in [4.69, 9.17) is 9.47 Å². The number of halogens is 1. The monoisotopic (exact) mass is 445 g/mol. The van der Waals surface area contributed by atoms with Crippen molar-refractivity contribution in [2.45, 2.75) is 39.2 Å². The minimum Gasteiger partial charge on any atom is -0.493 e. The molecule has 1 unspecified atom stereocenters. The molecule has 2 N–H and O–H groups in total. The van der Waals surface area contributed by atoms with E-state index in [2.05, 4.69) is 10.6 Å². The largest absolute Gasteiger partial charge is 0.493 e. The molecular weight excluding hydrogens is 413 g/mol. The van der Waals surface area contributed by atoms with Crippen LogP contribution in [0.15, 0.2) is 42.5 Å². The Kier molecular flexibility index (Phi) is 9.78. The SMILES string of the molecule is CCC(C)N(CCC(=O)NCCc1ccc(OC)c(OC)c1)C(=O)Nc1cccc(F)c1. The fourth-order valence-corrected chi connectivity index (χ4v) is 3.20. The molecule has 0 aromatic heterocycles. The molecular formula is C24H32FN3O4. The molecule has 0 aliphatic carbocycles. The Balaban J connectivity index is 1.85. The summed E-state index contributed by atoms with van der Waals surface area (Å²) in [7, 11) is 3.16. The van der Waals surface area contributed by atoms with Crippen molar-refractivity contribution in [3.63, 3.8) is 0 Å². The Hall–Kier alpha value is -3.29. The molecule has 0 radical (unpaired) electrons. The summed E-state index contributed by atoms with van der Waals surface area (Å²) in [6, 6.07) is 10.9. The fourth-order valence-electron chi connectivity index (χ4n) is 3.20. The number of nitrogens with zero attached hydrogens (tertiary/aromatic N) is 1. The second-order valence-electron chi connectivity index (χ2n) is 7.43. The number of nitrogens with one attached hydrogen (secondary N) is 2. The van der Waals surface area contributed by atoms with Crippen LogP contribution in [0, 0.1) is 5.82 Å². The van der Waals surface area contributed by atoms with Crippen molar-refractivity contribution in [2.75, 3.05) is 32.6 Å². The summed E-state index contributed by atoms with van der Waals surface area (Å²) in [5.74, 6) is 0.732. The van der Waals surface area contributed by atoms with Crippen LogP contribution in [0.25, 0.3) is 0 Å². The van der Waals surface area contributed by atoms with E-state index in [1.165, 1.54) is 18.2 Å². The molecule has 8 heteroatoms. The first kappa shape index (κ1) is 25.0. The van der Waals surface area contributed by atoms with Crippen LogP contribution in [0.3, 0.4) is 0 Å². The Bertz CT molecular complexity index is 907. The van der Waals surface area contributed by atoms with E-state index in [1.807, 2.05) is 32.0 Å². The molecule has 32 heavy (non-hydrogen) atoms. The highest BCUT2D eigenvalue weighted by Crippen LogP contribution is 2.27. The molecule has 0 spiro atoms. The lowest BCUT2D eigenvalue weighted by Crippen LogP contribution is -2.43. The maximum atomic E-state index is 13.4. The van der Waals surface area contributed by atoms with Crippen molar-refractivity contribution in [1.29, 1.82) is 0 Å². The van der Waals surface area contributed by atoms with Gasteiger partial charge in [-0.1, -0.05) is 19.1 Å². The first-order chi connectivity index (χ1) is 15.4. The van der Waals surface area contributed by atoms with Gasteiger partial charge in [0.15, 0.2) is 11.5 Å². The number of rotatable bonds is 11. The van der Waals surface area contributed by atoms with Crippen molar-refractivity contribution < 1.29 is 23.5 Å². The molecule has 7 nitrogen and oxygen atoms in total. The maximum Gasteiger partial charge on any atom is 0.322 e. The average Bonchev–Trinajstić information content (AvgIpc) is 2.78. The van der Waals surface area contributed by atoms with E-state index in [9.17, 15) is 14.0 Å². The van der Waals surface area contributed by atoms with E-state index in [1.54, 1.807) is 25.2 Å². The van der Waals surface area contributed by atoms with Crippen molar-refractivity contribution in [3.05, 3.63) is 53.8 Å². The lowest BCUT2D eigenvalue weighted by Gasteiger charge is -2.28. The Labute approximate surface area is 188 Å². The molecule has 0 bridgehead atoms. The fraction of sp³-hybridized carbons (Fsp3) is 0.417. The zero-order chi connectivity index (χ0) is 23.5. The third-order valence-electron chi connectivity index (χ3n) is 5.22. The number of urea groups is 1. The van der Waals surface area contributed by atoms with Gasteiger partial charge in [0.05, 0.1) is 14.2 Å². The second-order valence-corrected chi connectivity index (χ2v) is 7.43. The Morgan fingerprint density at radius 2 is 1.84 bits per heavy atom. The minimum absolute atomic E-state index is 0.0666. The van der Waals surface area contributed by atoms with Crippen LogP contribution in [0.1, 0.15) is 32.3 Å². The molecule has 0 aliphatic rings. The standard InChI is InChI=1S/C24H32FN3O4/c1-5-17(2)28(24(30)27-20-8-6-7-19(25)16-20)14-12-23(29)26-13-11-18-9-10-21(31-3)22(15-18)32-4/h6-10,15-17H,5,11-14H2,1-4H3,(H,26,29)(H,27,30). The van der Waals surface area contributed by atoms with Crippen molar-refractivity contribution in [3.8, 4) is 11.5 Å². The lowest BCUT2D eigenvalue weighted by atomic mass is 10.1. The summed E-state index contributed by atoms with van der Waals surface area (Å²) < 4.78 is 23.9. The van der Waals surface area contributed by atoms with Gasteiger partial charge in [0.1, 0.15) is 5.82 Å². The summed E-state index contributed by atoms with van der Waals surface area (Å²) in [6.07, 6.45) is 1.55. The Morgan fingerprint density at radius 1 is 1.09 bits per heavy atom. The van der Waals surface area contributed by atoms with Crippen molar-refractivity contribution in [2.24, 2.45) is 0 Å². The summed E-state index contributed by atoms with van der Waals surface area (Å²) in [5.41, 5.74) is 1.39. The molecule has 2 aromatic rings. The maximum absolute atomic E-state index is 13.4. The first-order valence-electron chi connectivity index (χ1n) is 10.7. The number of carbonyl (C=O) groups is 2. The highest BCUT2D eigenvalue weighted by molar-refractivity contribution is 5.90. The number of anilines is 1. The van der Waals surface area contributed by atoms with Crippen LogP contribution in [-0.2, 0) is 11.2 Å². The van der Waals surface area contributed by atoms with Crippen LogP contribution in [0.5, 0.6) is 11.5 Å². The van der Waals surface area contributed by atoms with Gasteiger partial charge in [-0.2, -0.15) is 0 Å². The molecule has 174 valence electrons. The van der Waals surface area contributed by atoms with Crippen molar-refractivity contribution >= 4 is 17.6 Å². The molecule has 0 fully saturated rings. The quantitative estimate of drug-likeness (QED) is 0.543. The van der Waals surface area contributed by atoms with Crippen LogP contribution >= 0.6 is 0 Å². The number of ether oxygens (including phenoxy) is 2. The van der Waals surface area contributed by atoms with Gasteiger partial charge in [0, 0.05) is 31.2 Å². The van der Waals surface area contributed by atoms with E-state index in [-0.39, 0.29) is 30.9 Å². The third-order valence-corrected chi connectivity index (χ3v) is 5.22. The number of benzene rings is 2. The number of hydrogen-bond acceptors (Lipinski definition) is 4. The normalized spacial score (nSPS) is 11.4. The molecule has 3 amide bonds. The van der Waals surface area contributed by atoms with Crippen LogP contribution in [0.2, 0.25) is 0 Å². The average molecular weight is 446 g/mol. The first-order valence-corrected chi connectivity index (χ1v) is 10.7. The van der Waals surface area contributed by atoms with Gasteiger partial charge in [0.25, 0.3) is 0 Å². The molecule has 2 rings (SSSR count).